The molecule has 2 aromatic rings. The van der Waals surface area contributed by atoms with Gasteiger partial charge in [0.1, 0.15) is 10.6 Å². The average Bonchev–Trinajstić information content (AvgIpc) is 2.49. The maximum atomic E-state index is 12.4. The Kier molecular flexibility index (Phi) is 6.21. The molecule has 136 valence electrons. The summed E-state index contributed by atoms with van der Waals surface area (Å²) in [6.07, 6.45) is -4.84. The largest absolute Gasteiger partial charge is 0.573 e. The van der Waals surface area contributed by atoms with E-state index >= 15 is 0 Å². The maximum absolute atomic E-state index is 12.4. The summed E-state index contributed by atoms with van der Waals surface area (Å²) in [6.45, 7) is -0.105. The van der Waals surface area contributed by atoms with E-state index in [1.54, 1.807) is 18.2 Å². The van der Waals surface area contributed by atoms with Crippen LogP contribution in [0.1, 0.15) is 5.56 Å². The van der Waals surface area contributed by atoms with E-state index in [0.29, 0.717) is 15.6 Å². The predicted octanol–water partition coefficient (Wildman–Crippen LogP) is 4.41. The van der Waals surface area contributed by atoms with E-state index in [2.05, 4.69) is 9.46 Å². The molecule has 0 radical (unpaired) electrons. The predicted molar refractivity (Wildman–Crippen MR) is 88.5 cm³/mol. The Bertz CT molecular complexity index is 837. The zero-order valence-corrected chi connectivity index (χ0v) is 14.8. The number of nitrogens with one attached hydrogen (secondary N) is 1. The van der Waals surface area contributed by atoms with Gasteiger partial charge < -0.3 is 4.74 Å². The smallest absolute Gasteiger partial charge is 0.404 e. The fourth-order valence-electron chi connectivity index (χ4n) is 2.04. The lowest BCUT2D eigenvalue weighted by atomic mass is 10.1. The van der Waals surface area contributed by atoms with Crippen LogP contribution in [0.2, 0.25) is 10.0 Å². The molecular weight excluding hydrogens is 402 g/mol. The van der Waals surface area contributed by atoms with E-state index in [9.17, 15) is 21.6 Å². The SMILES string of the molecule is O=S(=O)(NCCc1c(Cl)cccc1Cl)c1ccccc1OC(F)(F)F. The summed E-state index contributed by atoms with van der Waals surface area (Å²) in [5, 5.41) is 0.736. The molecule has 0 saturated carbocycles. The topological polar surface area (TPSA) is 55.4 Å². The van der Waals surface area contributed by atoms with E-state index in [4.69, 9.17) is 23.2 Å². The molecule has 0 heterocycles. The van der Waals surface area contributed by atoms with Gasteiger partial charge in [-0.1, -0.05) is 41.4 Å². The van der Waals surface area contributed by atoms with Gasteiger partial charge in [-0.05, 0) is 36.2 Å². The summed E-state index contributed by atoms with van der Waals surface area (Å²) in [5.41, 5.74) is 0.536. The van der Waals surface area contributed by atoms with Crippen LogP contribution in [0.5, 0.6) is 5.75 Å². The van der Waals surface area contributed by atoms with Crippen LogP contribution in [0.3, 0.4) is 0 Å². The first-order valence-electron chi connectivity index (χ1n) is 6.87. The van der Waals surface area contributed by atoms with Crippen molar-refractivity contribution in [2.45, 2.75) is 17.7 Å². The van der Waals surface area contributed by atoms with Crippen molar-refractivity contribution in [3.8, 4) is 5.75 Å². The number of benzene rings is 2. The number of halogens is 5. The van der Waals surface area contributed by atoms with Crippen LogP contribution in [0.15, 0.2) is 47.4 Å². The van der Waals surface area contributed by atoms with E-state index in [-0.39, 0.29) is 13.0 Å². The molecule has 0 aliphatic carbocycles. The van der Waals surface area contributed by atoms with Crippen molar-refractivity contribution in [2.24, 2.45) is 0 Å². The van der Waals surface area contributed by atoms with Gasteiger partial charge in [0.15, 0.2) is 0 Å². The molecule has 10 heteroatoms. The normalized spacial score (nSPS) is 12.2. The molecule has 0 aliphatic heterocycles. The zero-order chi connectivity index (χ0) is 18.7. The number of hydrogen-bond acceptors (Lipinski definition) is 3. The third kappa shape index (κ3) is 5.50. The Balaban J connectivity index is 2.15. The second-order valence-corrected chi connectivity index (χ2v) is 7.39. The third-order valence-corrected chi connectivity index (χ3v) is 5.30. The standard InChI is InChI=1S/C15H12Cl2F3NO3S/c16-11-4-3-5-12(17)10(11)8-9-21-25(22,23)14-7-2-1-6-13(14)24-15(18,19)20/h1-7,21H,8-9H2. The number of rotatable bonds is 6. The van der Waals surface area contributed by atoms with E-state index in [1.807, 2.05) is 0 Å². The first kappa shape index (κ1) is 19.8. The third-order valence-electron chi connectivity index (χ3n) is 3.09. The van der Waals surface area contributed by atoms with Crippen molar-refractivity contribution >= 4 is 33.2 Å². The fourth-order valence-corrected chi connectivity index (χ4v) is 3.79. The lowest BCUT2D eigenvalue weighted by Crippen LogP contribution is -2.27. The van der Waals surface area contributed by atoms with Gasteiger partial charge in [-0.2, -0.15) is 0 Å². The summed E-state index contributed by atoms with van der Waals surface area (Å²) in [4.78, 5) is -0.613. The van der Waals surface area contributed by atoms with E-state index in [0.717, 1.165) is 12.1 Å². The minimum absolute atomic E-state index is 0.105. The summed E-state index contributed by atoms with van der Waals surface area (Å²) in [6, 6.07) is 9.32. The van der Waals surface area contributed by atoms with Crippen molar-refractivity contribution in [3.05, 3.63) is 58.1 Å². The number of hydrogen-bond donors (Lipinski definition) is 1. The molecule has 0 aromatic heterocycles. The van der Waals surface area contributed by atoms with Gasteiger partial charge in [-0.15, -0.1) is 13.2 Å². The second kappa shape index (κ2) is 7.82. The average molecular weight is 414 g/mol. The Morgan fingerprint density at radius 1 is 1.00 bits per heavy atom. The quantitative estimate of drug-likeness (QED) is 0.762. The number of alkyl halides is 3. The van der Waals surface area contributed by atoms with Crippen LogP contribution in [-0.4, -0.2) is 21.3 Å². The number of sulfonamides is 1. The lowest BCUT2D eigenvalue weighted by molar-refractivity contribution is -0.275. The zero-order valence-electron chi connectivity index (χ0n) is 12.5. The highest BCUT2D eigenvalue weighted by Crippen LogP contribution is 2.29. The Morgan fingerprint density at radius 3 is 2.20 bits per heavy atom. The molecule has 0 saturated heterocycles. The minimum atomic E-state index is -5.00. The first-order chi connectivity index (χ1) is 11.6. The summed E-state index contributed by atoms with van der Waals surface area (Å²) in [7, 11) is -4.22. The molecule has 2 rings (SSSR count). The van der Waals surface area contributed by atoms with Crippen LogP contribution in [-0.2, 0) is 16.4 Å². The molecule has 0 fully saturated rings. The second-order valence-electron chi connectivity index (χ2n) is 4.84. The van der Waals surface area contributed by atoms with Crippen LogP contribution in [0, 0.1) is 0 Å². The highest BCUT2D eigenvalue weighted by Gasteiger charge is 2.33. The van der Waals surface area contributed by atoms with E-state index in [1.165, 1.54) is 12.1 Å². The molecule has 0 bridgehead atoms. The molecule has 2 aromatic carbocycles. The molecule has 25 heavy (non-hydrogen) atoms. The Morgan fingerprint density at radius 2 is 1.60 bits per heavy atom. The Hall–Kier alpha value is -1.48. The van der Waals surface area contributed by atoms with Gasteiger partial charge >= 0.3 is 6.36 Å². The highest BCUT2D eigenvalue weighted by atomic mass is 35.5. The van der Waals surface area contributed by atoms with Gasteiger partial charge in [0, 0.05) is 16.6 Å². The first-order valence-corrected chi connectivity index (χ1v) is 9.11. The molecule has 4 nitrogen and oxygen atoms in total. The van der Waals surface area contributed by atoms with Crippen LogP contribution < -0.4 is 9.46 Å². The lowest BCUT2D eigenvalue weighted by Gasteiger charge is -2.14. The maximum Gasteiger partial charge on any atom is 0.573 e. The monoisotopic (exact) mass is 413 g/mol. The minimum Gasteiger partial charge on any atom is -0.404 e. The van der Waals surface area contributed by atoms with Crippen molar-refractivity contribution < 1.29 is 26.3 Å². The van der Waals surface area contributed by atoms with Crippen molar-refractivity contribution in [1.82, 2.24) is 4.72 Å². The molecule has 0 atom stereocenters. The molecule has 1 N–H and O–H groups in total. The molecule has 0 unspecified atom stereocenters. The van der Waals surface area contributed by atoms with Crippen LogP contribution in [0.25, 0.3) is 0 Å². The fraction of sp³-hybridized carbons (Fsp3) is 0.200. The van der Waals surface area contributed by atoms with Gasteiger partial charge in [0.2, 0.25) is 10.0 Å². The molecule has 0 spiro atoms. The van der Waals surface area contributed by atoms with Gasteiger partial charge in [0.05, 0.1) is 0 Å². The number of para-hydroxylation sites is 1. The van der Waals surface area contributed by atoms with Crippen molar-refractivity contribution in [3.63, 3.8) is 0 Å². The molecule has 0 amide bonds. The highest BCUT2D eigenvalue weighted by molar-refractivity contribution is 7.89. The van der Waals surface area contributed by atoms with Crippen molar-refractivity contribution in [1.29, 1.82) is 0 Å². The van der Waals surface area contributed by atoms with Crippen molar-refractivity contribution in [2.75, 3.05) is 6.54 Å². The summed E-state index contributed by atoms with van der Waals surface area (Å²) >= 11 is 12.0. The van der Waals surface area contributed by atoms with Crippen LogP contribution in [0.4, 0.5) is 13.2 Å². The van der Waals surface area contributed by atoms with Crippen LogP contribution >= 0.6 is 23.2 Å². The molecule has 0 aliphatic rings. The Labute approximate surface area is 152 Å². The van der Waals surface area contributed by atoms with Gasteiger partial charge in [-0.25, -0.2) is 13.1 Å². The molecular formula is C15H12Cl2F3NO3S. The van der Waals surface area contributed by atoms with E-state index < -0.39 is 27.0 Å². The van der Waals surface area contributed by atoms with Gasteiger partial charge in [-0.3, -0.25) is 0 Å². The number of ether oxygens (including phenoxy) is 1. The summed E-state index contributed by atoms with van der Waals surface area (Å²) in [5.74, 6) is -0.807. The van der Waals surface area contributed by atoms with Gasteiger partial charge in [0.25, 0.3) is 0 Å². The summed E-state index contributed by atoms with van der Waals surface area (Å²) < 4.78 is 67.7.